The first kappa shape index (κ1) is 23.3. The van der Waals surface area contributed by atoms with E-state index in [0.717, 1.165) is 24.2 Å². The second kappa shape index (κ2) is 11.9. The van der Waals surface area contributed by atoms with Gasteiger partial charge in [0.15, 0.2) is 0 Å². The molecule has 168 valence electrons. The third kappa shape index (κ3) is 6.84. The standard InChI is InChI=1S/C27H32N2O3/c1-3-22(2)29(26(30)19-24-13-8-5-9-14-24)21-27(31)28(20-25-15-10-18-32-25)17-16-23-11-6-4-7-12-23/h4-15,18,22H,3,16-17,19-21H2,1-2H3/t22-/m1/s1. The molecule has 2 amide bonds. The number of furan rings is 1. The largest absolute Gasteiger partial charge is 0.467 e. The van der Waals surface area contributed by atoms with Crippen LogP contribution >= 0.6 is 0 Å². The van der Waals surface area contributed by atoms with Crippen LogP contribution in [0.3, 0.4) is 0 Å². The Morgan fingerprint density at radius 2 is 1.53 bits per heavy atom. The van der Waals surface area contributed by atoms with Gasteiger partial charge in [0, 0.05) is 12.6 Å². The summed E-state index contributed by atoms with van der Waals surface area (Å²) >= 11 is 0. The van der Waals surface area contributed by atoms with Crippen molar-refractivity contribution < 1.29 is 14.0 Å². The SMILES string of the molecule is CC[C@@H](C)N(CC(=O)N(CCc1ccccc1)Cc1ccco1)C(=O)Cc1ccccc1. The van der Waals surface area contributed by atoms with Gasteiger partial charge in [0.25, 0.3) is 0 Å². The summed E-state index contributed by atoms with van der Waals surface area (Å²) in [6.07, 6.45) is 3.44. The molecule has 0 unspecified atom stereocenters. The van der Waals surface area contributed by atoms with Gasteiger partial charge in [-0.3, -0.25) is 9.59 Å². The summed E-state index contributed by atoms with van der Waals surface area (Å²) in [4.78, 5) is 30.0. The van der Waals surface area contributed by atoms with E-state index >= 15 is 0 Å². The molecule has 0 N–H and O–H groups in total. The molecule has 0 spiro atoms. The number of nitrogens with zero attached hydrogens (tertiary/aromatic N) is 2. The van der Waals surface area contributed by atoms with Crippen LogP contribution in [0.15, 0.2) is 83.5 Å². The van der Waals surface area contributed by atoms with Crippen molar-refractivity contribution in [2.24, 2.45) is 0 Å². The lowest BCUT2D eigenvalue weighted by Gasteiger charge is -2.31. The molecule has 32 heavy (non-hydrogen) atoms. The van der Waals surface area contributed by atoms with Gasteiger partial charge in [0.1, 0.15) is 12.3 Å². The van der Waals surface area contributed by atoms with Gasteiger partial charge in [-0.25, -0.2) is 0 Å². The minimum atomic E-state index is -0.0703. The zero-order chi connectivity index (χ0) is 22.8. The van der Waals surface area contributed by atoms with Crippen LogP contribution in [0.4, 0.5) is 0 Å². The van der Waals surface area contributed by atoms with E-state index in [-0.39, 0.29) is 24.4 Å². The molecule has 1 aromatic heterocycles. The summed E-state index contributed by atoms with van der Waals surface area (Å²) in [7, 11) is 0. The Morgan fingerprint density at radius 3 is 2.12 bits per heavy atom. The van der Waals surface area contributed by atoms with Gasteiger partial charge in [0.05, 0.1) is 19.2 Å². The summed E-state index contributed by atoms with van der Waals surface area (Å²) in [5.74, 6) is 0.635. The van der Waals surface area contributed by atoms with Gasteiger partial charge in [-0.15, -0.1) is 0 Å². The molecule has 0 fully saturated rings. The Morgan fingerprint density at radius 1 is 0.875 bits per heavy atom. The minimum Gasteiger partial charge on any atom is -0.467 e. The van der Waals surface area contributed by atoms with Gasteiger partial charge >= 0.3 is 0 Å². The van der Waals surface area contributed by atoms with Crippen LogP contribution in [-0.2, 0) is 29.0 Å². The van der Waals surface area contributed by atoms with Crippen molar-refractivity contribution in [2.45, 2.75) is 45.7 Å². The normalized spacial score (nSPS) is 11.7. The number of carbonyl (C=O) groups is 2. The van der Waals surface area contributed by atoms with E-state index in [9.17, 15) is 9.59 Å². The fourth-order valence-electron chi connectivity index (χ4n) is 3.62. The highest BCUT2D eigenvalue weighted by Crippen LogP contribution is 2.13. The second-order valence-corrected chi connectivity index (χ2v) is 8.07. The van der Waals surface area contributed by atoms with Gasteiger partial charge < -0.3 is 14.2 Å². The van der Waals surface area contributed by atoms with E-state index in [2.05, 4.69) is 12.1 Å². The molecule has 3 rings (SSSR count). The lowest BCUT2D eigenvalue weighted by molar-refractivity contribution is -0.142. The Balaban J connectivity index is 1.71. The van der Waals surface area contributed by atoms with Crippen LogP contribution < -0.4 is 0 Å². The fourth-order valence-corrected chi connectivity index (χ4v) is 3.62. The molecule has 1 heterocycles. The number of rotatable bonds is 11. The first-order valence-electron chi connectivity index (χ1n) is 11.2. The summed E-state index contributed by atoms with van der Waals surface area (Å²) in [5.41, 5.74) is 2.12. The lowest BCUT2D eigenvalue weighted by Crippen LogP contribution is -2.47. The Kier molecular flexibility index (Phi) is 8.67. The molecule has 0 aliphatic heterocycles. The maximum atomic E-state index is 13.4. The Bertz CT molecular complexity index is 955. The van der Waals surface area contributed by atoms with Crippen LogP contribution in [0.5, 0.6) is 0 Å². The number of hydrogen-bond acceptors (Lipinski definition) is 3. The fraction of sp³-hybridized carbons (Fsp3) is 0.333. The van der Waals surface area contributed by atoms with Crippen molar-refractivity contribution in [1.82, 2.24) is 9.80 Å². The predicted molar refractivity (Wildman–Crippen MR) is 126 cm³/mol. The maximum absolute atomic E-state index is 13.4. The molecular weight excluding hydrogens is 400 g/mol. The van der Waals surface area contributed by atoms with Gasteiger partial charge in [-0.1, -0.05) is 67.6 Å². The first-order chi connectivity index (χ1) is 15.6. The molecule has 1 atom stereocenters. The van der Waals surface area contributed by atoms with E-state index in [0.29, 0.717) is 19.5 Å². The molecule has 0 saturated heterocycles. The smallest absolute Gasteiger partial charge is 0.242 e. The van der Waals surface area contributed by atoms with E-state index in [1.165, 1.54) is 5.56 Å². The maximum Gasteiger partial charge on any atom is 0.242 e. The molecule has 0 aliphatic carbocycles. The van der Waals surface area contributed by atoms with Crippen LogP contribution in [-0.4, -0.2) is 40.7 Å². The number of carbonyl (C=O) groups excluding carboxylic acids is 2. The van der Waals surface area contributed by atoms with Crippen molar-refractivity contribution in [3.63, 3.8) is 0 Å². The molecule has 5 heteroatoms. The molecule has 2 aromatic carbocycles. The van der Waals surface area contributed by atoms with E-state index in [1.54, 1.807) is 16.1 Å². The predicted octanol–water partition coefficient (Wildman–Crippen LogP) is 4.72. The van der Waals surface area contributed by atoms with Crippen molar-refractivity contribution >= 4 is 11.8 Å². The third-order valence-electron chi connectivity index (χ3n) is 5.74. The summed E-state index contributed by atoms with van der Waals surface area (Å²) in [6, 6.07) is 23.5. The molecule has 0 bridgehead atoms. The molecule has 5 nitrogen and oxygen atoms in total. The van der Waals surface area contributed by atoms with Crippen molar-refractivity contribution in [1.29, 1.82) is 0 Å². The average molecular weight is 433 g/mol. The lowest BCUT2D eigenvalue weighted by atomic mass is 10.1. The topological polar surface area (TPSA) is 53.8 Å². The molecule has 0 saturated carbocycles. The van der Waals surface area contributed by atoms with E-state index < -0.39 is 0 Å². The highest BCUT2D eigenvalue weighted by atomic mass is 16.3. The van der Waals surface area contributed by atoms with E-state index in [1.807, 2.05) is 74.5 Å². The van der Waals surface area contributed by atoms with Crippen molar-refractivity contribution in [2.75, 3.05) is 13.1 Å². The van der Waals surface area contributed by atoms with Crippen molar-refractivity contribution in [3.8, 4) is 0 Å². The summed E-state index contributed by atoms with van der Waals surface area (Å²) in [6.45, 7) is 5.05. The van der Waals surface area contributed by atoms with Crippen LogP contribution in [0.1, 0.15) is 37.2 Å². The quantitative estimate of drug-likeness (QED) is 0.441. The molecule has 0 radical (unpaired) electrons. The zero-order valence-electron chi connectivity index (χ0n) is 18.9. The molecule has 0 aliphatic rings. The average Bonchev–Trinajstić information content (AvgIpc) is 3.34. The molecular formula is C27H32N2O3. The highest BCUT2D eigenvalue weighted by Gasteiger charge is 2.25. The van der Waals surface area contributed by atoms with Gasteiger partial charge in [-0.05, 0) is 43.0 Å². The number of amides is 2. The Labute approximate surface area is 190 Å². The second-order valence-electron chi connectivity index (χ2n) is 8.07. The minimum absolute atomic E-state index is 0.0188. The summed E-state index contributed by atoms with van der Waals surface area (Å²) < 4.78 is 5.49. The monoisotopic (exact) mass is 432 g/mol. The number of hydrogen-bond donors (Lipinski definition) is 0. The zero-order valence-corrected chi connectivity index (χ0v) is 18.9. The van der Waals surface area contributed by atoms with E-state index in [4.69, 9.17) is 4.42 Å². The third-order valence-corrected chi connectivity index (χ3v) is 5.74. The molecule has 3 aromatic rings. The van der Waals surface area contributed by atoms with Crippen LogP contribution in [0.2, 0.25) is 0 Å². The van der Waals surface area contributed by atoms with Gasteiger partial charge in [0.2, 0.25) is 11.8 Å². The summed E-state index contributed by atoms with van der Waals surface area (Å²) in [5, 5.41) is 0. The van der Waals surface area contributed by atoms with Crippen LogP contribution in [0, 0.1) is 0 Å². The number of benzene rings is 2. The van der Waals surface area contributed by atoms with Gasteiger partial charge in [-0.2, -0.15) is 0 Å². The Hall–Kier alpha value is -3.34. The first-order valence-corrected chi connectivity index (χ1v) is 11.2. The highest BCUT2D eigenvalue weighted by molar-refractivity contribution is 5.86. The van der Waals surface area contributed by atoms with Crippen molar-refractivity contribution in [3.05, 3.63) is 95.9 Å². The van der Waals surface area contributed by atoms with Crippen LogP contribution in [0.25, 0.3) is 0 Å².